The highest BCUT2D eigenvalue weighted by Gasteiger charge is 2.52. The van der Waals surface area contributed by atoms with Gasteiger partial charge in [-0.2, -0.15) is 0 Å². The molecule has 1 fully saturated rings. The zero-order valence-corrected chi connectivity index (χ0v) is 46.6. The van der Waals surface area contributed by atoms with Gasteiger partial charge in [-0.3, -0.25) is 28.7 Å². The van der Waals surface area contributed by atoms with Gasteiger partial charge >= 0.3 is 22.3 Å². The van der Waals surface area contributed by atoms with Gasteiger partial charge in [0.2, 0.25) is 0 Å². The number of anilines is 2. The van der Waals surface area contributed by atoms with E-state index in [0.29, 0.717) is 21.4 Å². The van der Waals surface area contributed by atoms with Crippen molar-refractivity contribution in [3.05, 3.63) is 111 Å². The summed E-state index contributed by atoms with van der Waals surface area (Å²) in [7, 11) is -11.1. The predicted molar refractivity (Wildman–Crippen MR) is 276 cm³/mol. The lowest BCUT2D eigenvalue weighted by Gasteiger charge is -2.32. The Morgan fingerprint density at radius 1 is 0.653 bits per heavy atom. The maximum Gasteiger partial charge on any atom is 0.507 e. The molecule has 0 radical (unpaired) electrons. The molecule has 0 aliphatic carbocycles. The van der Waals surface area contributed by atoms with Crippen LogP contribution in [0.4, 0.5) is 11.6 Å². The highest BCUT2D eigenvalue weighted by atomic mass is 79.9. The van der Waals surface area contributed by atoms with Crippen molar-refractivity contribution in [2.45, 2.75) is 61.5 Å². The lowest BCUT2D eigenvalue weighted by atomic mass is 9.89. The van der Waals surface area contributed by atoms with Gasteiger partial charge in [0.05, 0.1) is 54.1 Å². The topological polar surface area (TPSA) is 321 Å². The number of Topliss-reactive ketones (excluding diaryl/α,β-unsaturated/α-hetero) is 2. The number of sulfone groups is 2. The molecule has 0 amide bonds. The van der Waals surface area contributed by atoms with Crippen LogP contribution >= 0.6 is 53.8 Å². The SMILES string of the molecule is CC1(C)OB(c2cncs2)OC1(C)C.COP(=O)(CS(=O)(=O)c1ccc(CC(=O)c2nc(-c3cncs3)cnc2N)cc1)OC.COP(=O)(CS(=O)(=O)c1ccc(CC(=O)c2nc(Br)cnc2N)cc1)OC. The van der Waals surface area contributed by atoms with Crippen molar-refractivity contribution in [3.8, 4) is 10.6 Å². The Balaban J connectivity index is 0.000000214. The minimum Gasteiger partial charge on any atom is -0.399 e. The van der Waals surface area contributed by atoms with Gasteiger partial charge < -0.3 is 38.9 Å². The third kappa shape index (κ3) is 15.0. The molecule has 6 aromatic rings. The van der Waals surface area contributed by atoms with E-state index < -0.39 is 45.9 Å². The lowest BCUT2D eigenvalue weighted by Crippen LogP contribution is -2.41. The average molecular weight is 1170 g/mol. The molecule has 1 aliphatic rings. The van der Waals surface area contributed by atoms with E-state index in [0.717, 1.165) is 38.1 Å². The number of benzene rings is 2. The third-order valence-corrected chi connectivity index (χ3v) is 22.2. The molecule has 386 valence electrons. The van der Waals surface area contributed by atoms with Gasteiger partial charge in [-0.1, -0.05) is 24.3 Å². The number of thiazole rings is 2. The first-order chi connectivity index (χ1) is 33.7. The van der Waals surface area contributed by atoms with Crippen LogP contribution in [0.3, 0.4) is 0 Å². The Hall–Kier alpha value is -4.54. The molecule has 0 saturated carbocycles. The van der Waals surface area contributed by atoms with Crippen LogP contribution in [0.15, 0.2) is 98.7 Å². The average Bonchev–Trinajstić information content (AvgIpc) is 4.13. The number of aromatic nitrogens is 6. The molecular formula is C42H50BBrN8O14P2S4. The van der Waals surface area contributed by atoms with Crippen LogP contribution in [0.5, 0.6) is 0 Å². The number of nitrogen functional groups attached to an aromatic ring is 2. The number of hydrogen-bond acceptors (Lipinski definition) is 24. The summed E-state index contributed by atoms with van der Waals surface area (Å²) in [6.07, 6.45) is 6.17. The molecule has 0 atom stereocenters. The van der Waals surface area contributed by atoms with Crippen LogP contribution in [0.1, 0.15) is 59.8 Å². The van der Waals surface area contributed by atoms with E-state index in [-0.39, 0.29) is 75.5 Å². The fourth-order valence-electron chi connectivity index (χ4n) is 6.04. The summed E-state index contributed by atoms with van der Waals surface area (Å²) in [4.78, 5) is 49.9. The first-order valence-corrected chi connectivity index (χ1v) is 30.2. The van der Waals surface area contributed by atoms with E-state index in [4.69, 9.17) is 29.8 Å². The van der Waals surface area contributed by atoms with Crippen LogP contribution < -0.4 is 16.2 Å². The normalized spacial score (nSPS) is 14.4. The fourth-order valence-corrected chi connectivity index (χ4v) is 15.1. The Morgan fingerprint density at radius 3 is 1.47 bits per heavy atom. The second-order valence-corrected chi connectivity index (χ2v) is 28.2. The van der Waals surface area contributed by atoms with Crippen LogP contribution in [-0.2, 0) is 69.0 Å². The minimum absolute atomic E-state index is 0.00680. The molecule has 2 aromatic carbocycles. The first kappa shape index (κ1) is 58.4. The van der Waals surface area contributed by atoms with Crippen molar-refractivity contribution in [3.63, 3.8) is 0 Å². The van der Waals surface area contributed by atoms with Gasteiger partial charge in [0, 0.05) is 53.7 Å². The van der Waals surface area contributed by atoms with E-state index in [2.05, 4.69) is 54.9 Å². The Labute approximate surface area is 433 Å². The molecule has 0 unspecified atom stereocenters. The van der Waals surface area contributed by atoms with Crippen molar-refractivity contribution in [1.29, 1.82) is 0 Å². The number of ketones is 2. The third-order valence-electron chi connectivity index (χ3n) is 10.8. The molecule has 0 bridgehead atoms. The molecule has 4 N–H and O–H groups in total. The molecule has 7 rings (SSSR count). The fraction of sp³-hybridized carbons (Fsp3) is 0.333. The van der Waals surface area contributed by atoms with Crippen molar-refractivity contribution >= 4 is 109 Å². The summed E-state index contributed by atoms with van der Waals surface area (Å²) in [5.41, 5.74) is 14.5. The van der Waals surface area contributed by atoms with Crippen molar-refractivity contribution in [1.82, 2.24) is 29.9 Å². The van der Waals surface area contributed by atoms with Crippen LogP contribution in [0.2, 0.25) is 0 Å². The standard InChI is InChI=1S/C18H19N4O6PS2.C15H17BrN3O6PS.C9H14BNO2S/c1-27-29(24,28-2)11-31(25,26)13-5-3-12(4-6-13)7-15(23)17-18(19)21-8-14(22-17)16-9-20-10-30-16;1-24-26(21,25-2)9-27(22,23)11-5-3-10(4-6-11)7-12(20)14-15(17)18-8-13(16)19-14;1-8(2)9(3,4)13-10(12-8)7-5-11-6-14-7/h3-6,8-10H,7,11H2,1-2H3,(H2,19,21);3-6,8H,7,9H2,1-2H3,(H2,17,18);5-6H,1-4H3. The quantitative estimate of drug-likeness (QED) is 0.0511. The van der Waals surface area contributed by atoms with Gasteiger partial charge in [-0.15, -0.1) is 22.7 Å². The Bertz CT molecular complexity index is 3150. The Kier molecular flexibility index (Phi) is 19.6. The van der Waals surface area contributed by atoms with Gasteiger partial charge in [-0.05, 0) is 79.0 Å². The van der Waals surface area contributed by atoms with Gasteiger partial charge in [0.1, 0.15) is 21.7 Å². The zero-order valence-electron chi connectivity index (χ0n) is 39.9. The summed E-state index contributed by atoms with van der Waals surface area (Å²) < 4.78 is 106. The van der Waals surface area contributed by atoms with Crippen LogP contribution in [0, 0.1) is 0 Å². The molecule has 0 spiro atoms. The number of carbonyl (C=O) groups excluding carboxylic acids is 2. The summed E-state index contributed by atoms with van der Waals surface area (Å²) in [6, 6.07) is 11.3. The number of nitrogens with two attached hydrogens (primary N) is 2. The van der Waals surface area contributed by atoms with Crippen LogP contribution in [-0.4, -0.2) is 116 Å². The highest BCUT2D eigenvalue weighted by molar-refractivity contribution is 9.10. The van der Waals surface area contributed by atoms with Crippen LogP contribution in [0.25, 0.3) is 10.6 Å². The molecule has 1 aliphatic heterocycles. The van der Waals surface area contributed by atoms with Crippen molar-refractivity contribution in [2.24, 2.45) is 0 Å². The maximum atomic E-state index is 12.7. The van der Waals surface area contributed by atoms with E-state index in [1.54, 1.807) is 34.8 Å². The van der Waals surface area contributed by atoms with Gasteiger partial charge in [-0.25, -0.2) is 36.8 Å². The molecule has 1 saturated heterocycles. The molecular weight excluding hydrogens is 1120 g/mol. The smallest absolute Gasteiger partial charge is 0.399 e. The summed E-state index contributed by atoms with van der Waals surface area (Å²) in [5, 5.41) is 0. The van der Waals surface area contributed by atoms with Gasteiger partial charge in [0.15, 0.2) is 53.9 Å². The van der Waals surface area contributed by atoms with E-state index in [1.807, 2.05) is 27.7 Å². The monoisotopic (exact) mass is 1170 g/mol. The summed E-state index contributed by atoms with van der Waals surface area (Å²) in [5.74, 6) is -0.708. The summed E-state index contributed by atoms with van der Waals surface area (Å²) in [6.45, 7) is 8.20. The number of halogens is 1. The van der Waals surface area contributed by atoms with Crippen molar-refractivity contribution < 1.29 is 63.0 Å². The minimum atomic E-state index is -3.92. The molecule has 4 aromatic heterocycles. The Morgan fingerprint density at radius 2 is 1.07 bits per heavy atom. The highest BCUT2D eigenvalue weighted by Crippen LogP contribution is 2.49. The number of nitrogens with zero attached hydrogens (tertiary/aromatic N) is 6. The van der Waals surface area contributed by atoms with E-state index in [1.165, 1.54) is 72.3 Å². The maximum absolute atomic E-state index is 12.7. The number of carbonyl (C=O) groups is 2. The largest absolute Gasteiger partial charge is 0.507 e. The van der Waals surface area contributed by atoms with Gasteiger partial charge in [0.25, 0.3) is 0 Å². The first-order valence-electron chi connectivity index (χ1n) is 20.8. The molecule has 22 nitrogen and oxygen atoms in total. The van der Waals surface area contributed by atoms with E-state index in [9.17, 15) is 35.6 Å². The second-order valence-electron chi connectivity index (χ2n) is 16.2. The predicted octanol–water partition coefficient (Wildman–Crippen LogP) is 6.73. The van der Waals surface area contributed by atoms with E-state index >= 15 is 0 Å². The molecule has 5 heterocycles. The second kappa shape index (κ2) is 24.2. The van der Waals surface area contributed by atoms with Crippen molar-refractivity contribution in [2.75, 3.05) is 50.9 Å². The summed E-state index contributed by atoms with van der Waals surface area (Å²) >= 11 is 6.04. The number of rotatable bonds is 18. The number of hydrogen-bond donors (Lipinski definition) is 2. The lowest BCUT2D eigenvalue weighted by molar-refractivity contribution is 0.00578. The molecule has 72 heavy (non-hydrogen) atoms. The zero-order chi connectivity index (χ0) is 53.3. The molecule has 30 heteroatoms.